The summed E-state index contributed by atoms with van der Waals surface area (Å²) in [6, 6.07) is 0. The molecule has 0 amide bonds. The molecule has 0 aliphatic carbocycles. The molecule has 0 unspecified atom stereocenters. The van der Waals surface area contributed by atoms with Gasteiger partial charge in [0.25, 0.3) is 0 Å². The van der Waals surface area contributed by atoms with E-state index in [1.54, 1.807) is 13.2 Å². The average Bonchev–Trinajstić information content (AvgIpc) is 2.76. The largest absolute Gasteiger partial charge is 0.394 e. The molecule has 2 rings (SSSR count). The second kappa shape index (κ2) is 4.17. The first-order valence-corrected chi connectivity index (χ1v) is 5.33. The van der Waals surface area contributed by atoms with Gasteiger partial charge in [-0.25, -0.2) is 0 Å². The minimum atomic E-state index is -0.455. The summed E-state index contributed by atoms with van der Waals surface area (Å²) in [5.74, 6) is 1.14. The number of aliphatic hydroxyl groups excluding tert-OH is 1. The summed E-state index contributed by atoms with van der Waals surface area (Å²) in [5, 5.41) is 22.8. The normalized spacial score (nSPS) is 11.8. The summed E-state index contributed by atoms with van der Waals surface area (Å²) >= 11 is 0. The van der Waals surface area contributed by atoms with Crippen LogP contribution < -0.4 is 10.6 Å². The van der Waals surface area contributed by atoms with Crippen LogP contribution in [0.3, 0.4) is 0 Å². The zero-order valence-electron chi connectivity index (χ0n) is 10.1. The Morgan fingerprint density at radius 3 is 2.82 bits per heavy atom. The van der Waals surface area contributed by atoms with Gasteiger partial charge in [-0.3, -0.25) is 5.10 Å². The molecule has 0 saturated heterocycles. The minimum absolute atomic E-state index is 0.00519. The number of aromatic nitrogens is 4. The Kier molecular flexibility index (Phi) is 2.84. The number of nitrogens with one attached hydrogen (secondary N) is 3. The molecule has 92 valence electrons. The lowest BCUT2D eigenvalue weighted by atomic mass is 10.1. The summed E-state index contributed by atoms with van der Waals surface area (Å²) in [4.78, 5) is 8.55. The van der Waals surface area contributed by atoms with Crippen LogP contribution in [0.4, 0.5) is 11.8 Å². The second-order valence-electron chi connectivity index (χ2n) is 4.45. The number of anilines is 2. The van der Waals surface area contributed by atoms with Crippen molar-refractivity contribution in [1.29, 1.82) is 0 Å². The third-order valence-electron chi connectivity index (χ3n) is 2.39. The van der Waals surface area contributed by atoms with E-state index < -0.39 is 5.54 Å². The van der Waals surface area contributed by atoms with Gasteiger partial charge in [0.15, 0.2) is 5.65 Å². The van der Waals surface area contributed by atoms with Crippen molar-refractivity contribution < 1.29 is 5.11 Å². The Bertz CT molecular complexity index is 520. The molecule has 0 atom stereocenters. The zero-order valence-corrected chi connectivity index (χ0v) is 10.1. The van der Waals surface area contributed by atoms with E-state index in [9.17, 15) is 5.11 Å². The van der Waals surface area contributed by atoms with Gasteiger partial charge in [-0.05, 0) is 13.8 Å². The molecule has 0 saturated carbocycles. The molecule has 2 aromatic rings. The van der Waals surface area contributed by atoms with Gasteiger partial charge in [-0.15, -0.1) is 0 Å². The molecule has 2 aromatic heterocycles. The Labute approximate surface area is 98.7 Å². The number of hydrogen-bond donors (Lipinski definition) is 4. The first kappa shape index (κ1) is 11.6. The third-order valence-corrected chi connectivity index (χ3v) is 2.39. The SMILES string of the molecule is CNc1nc(NC(C)(C)CO)c2cn[nH]c2n1. The molecule has 0 spiro atoms. The van der Waals surface area contributed by atoms with Crippen molar-refractivity contribution in [2.45, 2.75) is 19.4 Å². The lowest BCUT2D eigenvalue weighted by molar-refractivity contribution is 0.234. The highest BCUT2D eigenvalue weighted by atomic mass is 16.3. The number of H-pyrrole nitrogens is 1. The second-order valence-corrected chi connectivity index (χ2v) is 4.45. The molecule has 7 nitrogen and oxygen atoms in total. The van der Waals surface area contributed by atoms with E-state index in [0.717, 1.165) is 5.39 Å². The van der Waals surface area contributed by atoms with Crippen molar-refractivity contribution in [3.8, 4) is 0 Å². The summed E-state index contributed by atoms with van der Waals surface area (Å²) in [6.45, 7) is 3.78. The highest BCUT2D eigenvalue weighted by Gasteiger charge is 2.19. The number of nitrogens with zero attached hydrogens (tertiary/aromatic N) is 3. The molecule has 0 fully saturated rings. The first-order chi connectivity index (χ1) is 8.05. The molecule has 0 aromatic carbocycles. The Morgan fingerprint density at radius 1 is 1.41 bits per heavy atom. The van der Waals surface area contributed by atoms with Crippen LogP contribution in [0.5, 0.6) is 0 Å². The first-order valence-electron chi connectivity index (χ1n) is 5.33. The highest BCUT2D eigenvalue weighted by molar-refractivity contribution is 5.87. The maximum absolute atomic E-state index is 9.26. The van der Waals surface area contributed by atoms with Gasteiger partial charge in [0.1, 0.15) is 5.82 Å². The van der Waals surface area contributed by atoms with Gasteiger partial charge in [-0.2, -0.15) is 15.1 Å². The number of rotatable bonds is 4. The molecule has 0 aliphatic rings. The lowest BCUT2D eigenvalue weighted by Gasteiger charge is -2.24. The standard InChI is InChI=1S/C10H16N6O/c1-10(2,5-17)15-7-6-4-12-16-8(6)14-9(11-3)13-7/h4,17H,5H2,1-3H3,(H3,11,12,13,14,15,16). The molecule has 0 bridgehead atoms. The van der Waals surface area contributed by atoms with Crippen molar-refractivity contribution in [3.63, 3.8) is 0 Å². The van der Waals surface area contributed by atoms with Crippen LogP contribution in [0.25, 0.3) is 11.0 Å². The van der Waals surface area contributed by atoms with E-state index in [-0.39, 0.29) is 6.61 Å². The van der Waals surface area contributed by atoms with Crippen molar-refractivity contribution in [2.75, 3.05) is 24.3 Å². The Balaban J connectivity index is 2.47. The topological polar surface area (TPSA) is 98.8 Å². The van der Waals surface area contributed by atoms with Gasteiger partial charge >= 0.3 is 0 Å². The van der Waals surface area contributed by atoms with Crippen molar-refractivity contribution in [1.82, 2.24) is 20.2 Å². The molecule has 0 radical (unpaired) electrons. The maximum Gasteiger partial charge on any atom is 0.226 e. The molecule has 0 aliphatic heterocycles. The molecule has 7 heteroatoms. The van der Waals surface area contributed by atoms with Crippen LogP contribution >= 0.6 is 0 Å². The molecule has 4 N–H and O–H groups in total. The number of fused-ring (bicyclic) bond motifs is 1. The van der Waals surface area contributed by atoms with Crippen molar-refractivity contribution in [3.05, 3.63) is 6.20 Å². The van der Waals surface area contributed by atoms with Crippen molar-refractivity contribution >= 4 is 22.8 Å². The number of aromatic amines is 1. The fourth-order valence-electron chi connectivity index (χ4n) is 1.40. The van der Waals surface area contributed by atoms with Crippen LogP contribution in [0.2, 0.25) is 0 Å². The summed E-state index contributed by atoms with van der Waals surface area (Å²) in [7, 11) is 1.75. The summed E-state index contributed by atoms with van der Waals surface area (Å²) in [6.07, 6.45) is 1.66. The van der Waals surface area contributed by atoms with Gasteiger partial charge < -0.3 is 15.7 Å². The Morgan fingerprint density at radius 2 is 2.18 bits per heavy atom. The summed E-state index contributed by atoms with van der Waals surface area (Å²) < 4.78 is 0. The van der Waals surface area contributed by atoms with Crippen LogP contribution in [0.15, 0.2) is 6.20 Å². The van der Waals surface area contributed by atoms with Gasteiger partial charge in [0.2, 0.25) is 5.95 Å². The number of hydrogen-bond acceptors (Lipinski definition) is 6. The molecule has 2 heterocycles. The van der Waals surface area contributed by atoms with Crippen LogP contribution in [-0.4, -0.2) is 44.5 Å². The monoisotopic (exact) mass is 236 g/mol. The van der Waals surface area contributed by atoms with Crippen LogP contribution in [-0.2, 0) is 0 Å². The number of aliphatic hydroxyl groups is 1. The van der Waals surface area contributed by atoms with E-state index in [1.807, 2.05) is 13.8 Å². The lowest BCUT2D eigenvalue weighted by Crippen LogP contribution is -2.35. The highest BCUT2D eigenvalue weighted by Crippen LogP contribution is 2.22. The molecular formula is C10H16N6O. The third kappa shape index (κ3) is 2.28. The van der Waals surface area contributed by atoms with E-state index >= 15 is 0 Å². The van der Waals surface area contributed by atoms with Crippen LogP contribution in [0.1, 0.15) is 13.8 Å². The molecule has 17 heavy (non-hydrogen) atoms. The maximum atomic E-state index is 9.26. The predicted octanol–water partition coefficient (Wildman–Crippen LogP) is 0.577. The minimum Gasteiger partial charge on any atom is -0.394 e. The zero-order chi connectivity index (χ0) is 12.5. The smallest absolute Gasteiger partial charge is 0.226 e. The van der Waals surface area contributed by atoms with Gasteiger partial charge in [0.05, 0.1) is 23.7 Å². The molecular weight excluding hydrogens is 220 g/mol. The van der Waals surface area contributed by atoms with Crippen molar-refractivity contribution in [2.24, 2.45) is 0 Å². The van der Waals surface area contributed by atoms with Gasteiger partial charge in [0, 0.05) is 7.05 Å². The summed E-state index contributed by atoms with van der Waals surface area (Å²) in [5.41, 5.74) is 0.199. The van der Waals surface area contributed by atoms with Gasteiger partial charge in [-0.1, -0.05) is 0 Å². The average molecular weight is 236 g/mol. The van der Waals surface area contributed by atoms with E-state index in [0.29, 0.717) is 17.4 Å². The van der Waals surface area contributed by atoms with E-state index in [2.05, 4.69) is 30.8 Å². The van der Waals surface area contributed by atoms with E-state index in [4.69, 9.17) is 0 Å². The van der Waals surface area contributed by atoms with E-state index in [1.165, 1.54) is 0 Å². The predicted molar refractivity (Wildman–Crippen MR) is 66.0 cm³/mol. The fraction of sp³-hybridized carbons (Fsp3) is 0.500. The Hall–Kier alpha value is -1.89. The van der Waals surface area contributed by atoms with Crippen LogP contribution in [0, 0.1) is 0 Å². The quantitative estimate of drug-likeness (QED) is 0.619. The fourth-order valence-corrected chi connectivity index (χ4v) is 1.40.